The van der Waals surface area contributed by atoms with Gasteiger partial charge in [0.25, 0.3) is 11.8 Å². The quantitative estimate of drug-likeness (QED) is 0.726. The predicted molar refractivity (Wildman–Crippen MR) is 99.2 cm³/mol. The number of carbonyl (C=O) groups excluding carboxylic acids is 2. The normalized spacial score (nSPS) is 13.4. The van der Waals surface area contributed by atoms with E-state index in [1.165, 1.54) is 11.3 Å². The lowest BCUT2D eigenvalue weighted by Gasteiger charge is -2.06. The van der Waals surface area contributed by atoms with Gasteiger partial charge in [0.2, 0.25) is 0 Å². The van der Waals surface area contributed by atoms with Crippen molar-refractivity contribution in [3.63, 3.8) is 0 Å². The summed E-state index contributed by atoms with van der Waals surface area (Å²) in [4.78, 5) is 28.7. The van der Waals surface area contributed by atoms with Gasteiger partial charge in [-0.2, -0.15) is 5.10 Å². The molecule has 1 aliphatic rings. The van der Waals surface area contributed by atoms with Gasteiger partial charge in [0, 0.05) is 41.5 Å². The number of nitrogens with zero attached hydrogens (tertiary/aromatic N) is 3. The molecule has 0 atom stereocenters. The first-order valence-corrected chi connectivity index (χ1v) is 9.13. The van der Waals surface area contributed by atoms with Crippen molar-refractivity contribution in [2.75, 3.05) is 5.32 Å². The molecule has 3 aromatic rings. The summed E-state index contributed by atoms with van der Waals surface area (Å²) in [5, 5.41) is 12.3. The summed E-state index contributed by atoms with van der Waals surface area (Å²) in [6.07, 6.45) is 5.67. The van der Waals surface area contributed by atoms with Crippen LogP contribution in [-0.2, 0) is 7.05 Å². The Labute approximate surface area is 154 Å². The summed E-state index contributed by atoms with van der Waals surface area (Å²) in [5.41, 5.74) is 2.43. The molecule has 2 amide bonds. The van der Waals surface area contributed by atoms with Crippen molar-refractivity contribution in [2.24, 2.45) is 7.05 Å². The molecule has 1 saturated carbocycles. The lowest BCUT2D eigenvalue weighted by Crippen LogP contribution is -2.25. The van der Waals surface area contributed by atoms with Gasteiger partial charge in [0.1, 0.15) is 10.7 Å². The zero-order chi connectivity index (χ0) is 18.1. The molecule has 0 radical (unpaired) electrons. The fourth-order valence-corrected chi connectivity index (χ4v) is 3.21. The maximum absolute atomic E-state index is 12.4. The molecule has 0 aliphatic heterocycles. The Hall–Kier alpha value is -3.00. The van der Waals surface area contributed by atoms with Gasteiger partial charge in [-0.1, -0.05) is 0 Å². The SMILES string of the molecule is Cn1cc(-c2nc(C(=O)Nc3ccc(C(=O)NC4CC4)cc3)cs2)cn1. The fraction of sp³-hybridized carbons (Fsp3) is 0.222. The third-order valence-corrected chi connectivity index (χ3v) is 4.90. The van der Waals surface area contributed by atoms with Crippen LogP contribution in [0.2, 0.25) is 0 Å². The van der Waals surface area contributed by atoms with Crippen LogP contribution in [0.5, 0.6) is 0 Å². The van der Waals surface area contributed by atoms with Crippen molar-refractivity contribution in [3.05, 3.63) is 53.3 Å². The summed E-state index contributed by atoms with van der Waals surface area (Å²) >= 11 is 1.39. The van der Waals surface area contributed by atoms with Crippen LogP contribution in [0.15, 0.2) is 42.0 Å². The van der Waals surface area contributed by atoms with E-state index in [1.807, 2.05) is 13.2 Å². The number of nitrogens with one attached hydrogen (secondary N) is 2. The maximum atomic E-state index is 12.4. The van der Waals surface area contributed by atoms with E-state index in [9.17, 15) is 9.59 Å². The Kier molecular flexibility index (Phi) is 4.26. The van der Waals surface area contributed by atoms with E-state index < -0.39 is 0 Å². The van der Waals surface area contributed by atoms with Gasteiger partial charge in [0.05, 0.1) is 6.20 Å². The van der Waals surface area contributed by atoms with Crippen molar-refractivity contribution >= 4 is 28.8 Å². The zero-order valence-corrected chi connectivity index (χ0v) is 14.9. The van der Waals surface area contributed by atoms with Gasteiger partial charge in [0.15, 0.2) is 0 Å². The average molecular weight is 367 g/mol. The Morgan fingerprint density at radius 3 is 2.62 bits per heavy atom. The molecule has 26 heavy (non-hydrogen) atoms. The van der Waals surface area contributed by atoms with E-state index in [1.54, 1.807) is 40.5 Å². The molecule has 2 heterocycles. The van der Waals surface area contributed by atoms with E-state index in [4.69, 9.17) is 0 Å². The molecular weight excluding hydrogens is 350 g/mol. The van der Waals surface area contributed by atoms with Crippen molar-refractivity contribution in [3.8, 4) is 10.6 Å². The number of amides is 2. The van der Waals surface area contributed by atoms with Crippen LogP contribution in [0.1, 0.15) is 33.7 Å². The zero-order valence-electron chi connectivity index (χ0n) is 14.1. The smallest absolute Gasteiger partial charge is 0.275 e. The maximum Gasteiger partial charge on any atom is 0.275 e. The Morgan fingerprint density at radius 2 is 1.96 bits per heavy atom. The van der Waals surface area contributed by atoms with Gasteiger partial charge in [-0.25, -0.2) is 4.98 Å². The predicted octanol–water partition coefficient (Wildman–Crippen LogP) is 2.69. The highest BCUT2D eigenvalue weighted by Gasteiger charge is 2.23. The number of thiazole rings is 1. The van der Waals surface area contributed by atoms with Crippen LogP contribution in [0.25, 0.3) is 10.6 Å². The van der Waals surface area contributed by atoms with Gasteiger partial charge in [-0.3, -0.25) is 14.3 Å². The third-order valence-electron chi connectivity index (χ3n) is 4.01. The summed E-state index contributed by atoms with van der Waals surface area (Å²) in [6.45, 7) is 0. The number of hydrogen-bond donors (Lipinski definition) is 2. The van der Waals surface area contributed by atoms with E-state index in [2.05, 4.69) is 20.7 Å². The number of aryl methyl sites for hydroxylation is 1. The molecule has 1 aromatic carbocycles. The van der Waals surface area contributed by atoms with Crippen molar-refractivity contribution in [2.45, 2.75) is 18.9 Å². The van der Waals surface area contributed by atoms with Crippen LogP contribution in [-0.4, -0.2) is 32.6 Å². The first-order valence-electron chi connectivity index (χ1n) is 8.25. The molecule has 4 rings (SSSR count). The van der Waals surface area contributed by atoms with Crippen LogP contribution >= 0.6 is 11.3 Å². The largest absolute Gasteiger partial charge is 0.349 e. The van der Waals surface area contributed by atoms with Crippen molar-refractivity contribution in [1.29, 1.82) is 0 Å². The second-order valence-electron chi connectivity index (χ2n) is 6.22. The summed E-state index contributed by atoms with van der Waals surface area (Å²) in [6, 6.07) is 7.16. The van der Waals surface area contributed by atoms with E-state index >= 15 is 0 Å². The Bertz CT molecular complexity index is 956. The second kappa shape index (κ2) is 6.72. The second-order valence-corrected chi connectivity index (χ2v) is 7.08. The molecule has 132 valence electrons. The molecule has 1 fully saturated rings. The molecule has 0 unspecified atom stereocenters. The lowest BCUT2D eigenvalue weighted by molar-refractivity contribution is 0.0950. The summed E-state index contributed by atoms with van der Waals surface area (Å²) < 4.78 is 1.69. The molecule has 0 saturated heterocycles. The minimum Gasteiger partial charge on any atom is -0.349 e. The van der Waals surface area contributed by atoms with Gasteiger partial charge >= 0.3 is 0 Å². The van der Waals surface area contributed by atoms with Crippen LogP contribution in [0.4, 0.5) is 5.69 Å². The first-order chi connectivity index (χ1) is 12.6. The lowest BCUT2D eigenvalue weighted by atomic mass is 10.2. The number of carbonyl (C=O) groups is 2. The first kappa shape index (κ1) is 16.5. The number of aromatic nitrogens is 3. The van der Waals surface area contributed by atoms with Gasteiger partial charge < -0.3 is 10.6 Å². The molecular formula is C18H17N5O2S. The topological polar surface area (TPSA) is 88.9 Å². The minimum absolute atomic E-state index is 0.0778. The minimum atomic E-state index is -0.286. The molecule has 0 bridgehead atoms. The molecule has 8 heteroatoms. The number of rotatable bonds is 5. The fourth-order valence-electron chi connectivity index (χ4n) is 2.44. The van der Waals surface area contributed by atoms with E-state index in [-0.39, 0.29) is 11.8 Å². The van der Waals surface area contributed by atoms with Crippen molar-refractivity contribution < 1.29 is 9.59 Å². The van der Waals surface area contributed by atoms with Crippen LogP contribution in [0, 0.1) is 0 Å². The Balaban J connectivity index is 1.41. The highest BCUT2D eigenvalue weighted by Crippen LogP contribution is 2.23. The molecule has 1 aliphatic carbocycles. The number of anilines is 1. The van der Waals surface area contributed by atoms with Gasteiger partial charge in [-0.05, 0) is 37.1 Å². The highest BCUT2D eigenvalue weighted by atomic mass is 32.1. The molecule has 7 nitrogen and oxygen atoms in total. The van der Waals surface area contributed by atoms with E-state index in [0.29, 0.717) is 23.0 Å². The average Bonchev–Trinajstić information content (AvgIpc) is 3.13. The van der Waals surface area contributed by atoms with Crippen LogP contribution in [0.3, 0.4) is 0 Å². The molecule has 0 spiro atoms. The summed E-state index contributed by atoms with van der Waals surface area (Å²) in [5.74, 6) is -0.363. The van der Waals surface area contributed by atoms with E-state index in [0.717, 1.165) is 23.4 Å². The molecule has 2 aromatic heterocycles. The standard InChI is InChI=1S/C18H17N5O2S/c1-23-9-12(8-19-23)18-22-15(10-26-18)17(25)21-13-4-2-11(3-5-13)16(24)20-14-6-7-14/h2-5,8-10,14H,6-7H2,1H3,(H,20,24)(H,21,25). The monoisotopic (exact) mass is 367 g/mol. The summed E-state index contributed by atoms with van der Waals surface area (Å²) in [7, 11) is 1.83. The van der Waals surface area contributed by atoms with Crippen molar-refractivity contribution in [1.82, 2.24) is 20.1 Å². The number of hydrogen-bond acceptors (Lipinski definition) is 5. The van der Waals surface area contributed by atoms with Gasteiger partial charge in [-0.15, -0.1) is 11.3 Å². The highest BCUT2D eigenvalue weighted by molar-refractivity contribution is 7.13. The van der Waals surface area contributed by atoms with Crippen LogP contribution < -0.4 is 10.6 Å². The molecule has 2 N–H and O–H groups in total. The number of benzene rings is 1. The Morgan fingerprint density at radius 1 is 1.19 bits per heavy atom. The third kappa shape index (κ3) is 3.65.